The summed E-state index contributed by atoms with van der Waals surface area (Å²) in [5.74, 6) is -0.727. The van der Waals surface area contributed by atoms with Crippen LogP contribution >= 0.6 is 0 Å². The maximum Gasteiger partial charge on any atom is 0.323 e. The molecule has 0 spiro atoms. The first-order valence-corrected chi connectivity index (χ1v) is 7.86. The Morgan fingerprint density at radius 1 is 1.50 bits per heavy atom. The third-order valence-electron chi connectivity index (χ3n) is 4.14. The first-order valence-electron chi connectivity index (χ1n) is 7.86. The van der Waals surface area contributed by atoms with E-state index < -0.39 is 11.5 Å². The van der Waals surface area contributed by atoms with Gasteiger partial charge >= 0.3 is 5.97 Å². The zero-order valence-corrected chi connectivity index (χ0v) is 13.2. The van der Waals surface area contributed by atoms with Crippen molar-refractivity contribution in [1.82, 2.24) is 10.2 Å². The molecule has 0 amide bonds. The summed E-state index contributed by atoms with van der Waals surface area (Å²) in [6.45, 7) is 10.5. The van der Waals surface area contributed by atoms with E-state index in [1.807, 2.05) is 13.8 Å². The first kappa shape index (κ1) is 17.4. The number of hydrogen-bond donors (Lipinski definition) is 2. The maximum absolute atomic E-state index is 11.5. The monoisotopic (exact) mass is 286 g/mol. The normalized spacial score (nSPS) is 24.1. The van der Waals surface area contributed by atoms with Crippen molar-refractivity contribution in [3.63, 3.8) is 0 Å². The molecule has 118 valence electrons. The summed E-state index contributed by atoms with van der Waals surface area (Å²) in [4.78, 5) is 13.9. The highest BCUT2D eigenvalue weighted by Crippen LogP contribution is 2.19. The van der Waals surface area contributed by atoms with Crippen LogP contribution in [0.25, 0.3) is 0 Å². The number of rotatable bonds is 8. The Morgan fingerprint density at radius 3 is 2.85 bits per heavy atom. The lowest BCUT2D eigenvalue weighted by molar-refractivity contribution is -0.145. The molecule has 1 aliphatic heterocycles. The molecule has 0 aromatic heterocycles. The number of hydrogen-bond acceptors (Lipinski definition) is 4. The van der Waals surface area contributed by atoms with Gasteiger partial charge in [-0.2, -0.15) is 0 Å². The lowest BCUT2D eigenvalue weighted by Crippen LogP contribution is -2.52. The van der Waals surface area contributed by atoms with Crippen LogP contribution in [-0.2, 0) is 9.53 Å². The van der Waals surface area contributed by atoms with E-state index in [2.05, 4.69) is 17.1 Å². The van der Waals surface area contributed by atoms with Gasteiger partial charge in [0.1, 0.15) is 5.54 Å². The van der Waals surface area contributed by atoms with Gasteiger partial charge in [0.15, 0.2) is 0 Å². The second-order valence-electron chi connectivity index (χ2n) is 5.71. The van der Waals surface area contributed by atoms with E-state index in [-0.39, 0.29) is 6.10 Å². The van der Waals surface area contributed by atoms with Crippen LogP contribution in [0.4, 0.5) is 0 Å². The molecular formula is C15H30N2O3. The van der Waals surface area contributed by atoms with Crippen molar-refractivity contribution in [2.45, 2.75) is 58.1 Å². The van der Waals surface area contributed by atoms with Gasteiger partial charge in [-0.1, -0.05) is 13.8 Å². The third-order valence-corrected chi connectivity index (χ3v) is 4.14. The molecule has 0 aromatic rings. The van der Waals surface area contributed by atoms with Crippen LogP contribution in [0.3, 0.4) is 0 Å². The molecule has 2 N–H and O–H groups in total. The zero-order valence-electron chi connectivity index (χ0n) is 13.2. The quantitative estimate of drug-likeness (QED) is 0.711. The SMILES string of the molecule is CCNC(CC)(CCCN1CCCOC(C)C1)C(=O)O. The van der Waals surface area contributed by atoms with Gasteiger partial charge in [-0.15, -0.1) is 0 Å². The van der Waals surface area contributed by atoms with Crippen LogP contribution in [0.5, 0.6) is 0 Å². The predicted molar refractivity (Wildman–Crippen MR) is 80.0 cm³/mol. The Bertz CT molecular complexity index is 299. The van der Waals surface area contributed by atoms with Crippen LogP contribution in [0.2, 0.25) is 0 Å². The van der Waals surface area contributed by atoms with Crippen molar-refractivity contribution in [3.05, 3.63) is 0 Å². The van der Waals surface area contributed by atoms with Crippen molar-refractivity contribution in [1.29, 1.82) is 0 Å². The molecule has 2 unspecified atom stereocenters. The Morgan fingerprint density at radius 2 is 2.25 bits per heavy atom. The average Bonchev–Trinajstić information content (AvgIpc) is 2.61. The third kappa shape index (κ3) is 5.04. The molecule has 1 saturated heterocycles. The highest BCUT2D eigenvalue weighted by Gasteiger charge is 2.35. The second-order valence-corrected chi connectivity index (χ2v) is 5.71. The topological polar surface area (TPSA) is 61.8 Å². The Kier molecular flexibility index (Phi) is 7.48. The van der Waals surface area contributed by atoms with Crippen LogP contribution in [-0.4, -0.2) is 60.4 Å². The van der Waals surface area contributed by atoms with Crippen molar-refractivity contribution in [2.75, 3.05) is 32.8 Å². The van der Waals surface area contributed by atoms with Crippen molar-refractivity contribution < 1.29 is 14.6 Å². The summed E-state index contributed by atoms with van der Waals surface area (Å²) in [6.07, 6.45) is 3.55. The number of nitrogens with zero attached hydrogens (tertiary/aromatic N) is 1. The standard InChI is InChI=1S/C15H30N2O3/c1-4-15(14(18)19,16-5-2)8-6-9-17-10-7-11-20-13(3)12-17/h13,16H,4-12H2,1-3H3,(H,18,19). The van der Waals surface area contributed by atoms with E-state index in [4.69, 9.17) is 4.74 Å². The molecule has 0 aromatic carbocycles. The first-order chi connectivity index (χ1) is 9.54. The van der Waals surface area contributed by atoms with Crippen molar-refractivity contribution >= 4 is 5.97 Å². The van der Waals surface area contributed by atoms with E-state index in [0.717, 1.165) is 39.1 Å². The number of likely N-dealkylation sites (N-methyl/N-ethyl adjacent to an activating group) is 1. The van der Waals surface area contributed by atoms with E-state index in [9.17, 15) is 9.90 Å². The molecule has 1 heterocycles. The maximum atomic E-state index is 11.5. The molecule has 1 fully saturated rings. The smallest absolute Gasteiger partial charge is 0.323 e. The molecule has 5 heteroatoms. The number of carbonyl (C=O) groups is 1. The Hall–Kier alpha value is -0.650. The average molecular weight is 286 g/mol. The molecular weight excluding hydrogens is 256 g/mol. The molecule has 0 bridgehead atoms. The molecule has 1 rings (SSSR count). The van der Waals surface area contributed by atoms with Gasteiger partial charge in [0.25, 0.3) is 0 Å². The van der Waals surface area contributed by atoms with E-state index in [1.54, 1.807) is 0 Å². The van der Waals surface area contributed by atoms with Crippen LogP contribution in [0, 0.1) is 0 Å². The number of carboxylic acid groups (broad SMARTS) is 1. The minimum Gasteiger partial charge on any atom is -0.480 e. The number of carboxylic acids is 1. The van der Waals surface area contributed by atoms with E-state index in [0.29, 0.717) is 19.4 Å². The van der Waals surface area contributed by atoms with Gasteiger partial charge in [-0.05, 0) is 45.7 Å². The fraction of sp³-hybridized carbons (Fsp3) is 0.933. The van der Waals surface area contributed by atoms with Crippen molar-refractivity contribution in [2.24, 2.45) is 0 Å². The summed E-state index contributed by atoms with van der Waals surface area (Å²) >= 11 is 0. The molecule has 5 nitrogen and oxygen atoms in total. The number of aliphatic carboxylic acids is 1. The van der Waals surface area contributed by atoms with E-state index in [1.165, 1.54) is 0 Å². The van der Waals surface area contributed by atoms with Gasteiger partial charge < -0.3 is 20.1 Å². The van der Waals surface area contributed by atoms with E-state index >= 15 is 0 Å². The van der Waals surface area contributed by atoms with Crippen molar-refractivity contribution in [3.8, 4) is 0 Å². The van der Waals surface area contributed by atoms with Gasteiger partial charge in [-0.25, -0.2) is 0 Å². The molecule has 20 heavy (non-hydrogen) atoms. The van der Waals surface area contributed by atoms with Crippen LogP contribution in [0.15, 0.2) is 0 Å². The number of ether oxygens (including phenoxy) is 1. The second kappa shape index (κ2) is 8.60. The molecule has 0 radical (unpaired) electrons. The molecule has 2 atom stereocenters. The Balaban J connectivity index is 2.45. The Labute approximate surface area is 122 Å². The van der Waals surface area contributed by atoms with Gasteiger partial charge in [0, 0.05) is 19.7 Å². The fourth-order valence-corrected chi connectivity index (χ4v) is 2.95. The predicted octanol–water partition coefficient (Wildman–Crippen LogP) is 1.72. The largest absolute Gasteiger partial charge is 0.480 e. The summed E-state index contributed by atoms with van der Waals surface area (Å²) in [5.41, 5.74) is -0.761. The minimum atomic E-state index is -0.761. The lowest BCUT2D eigenvalue weighted by Gasteiger charge is -2.30. The lowest BCUT2D eigenvalue weighted by atomic mass is 9.90. The summed E-state index contributed by atoms with van der Waals surface area (Å²) in [5, 5.41) is 12.6. The van der Waals surface area contributed by atoms with Crippen LogP contribution in [0.1, 0.15) is 46.5 Å². The highest BCUT2D eigenvalue weighted by atomic mass is 16.5. The molecule has 0 aliphatic carbocycles. The van der Waals surface area contributed by atoms with Crippen LogP contribution < -0.4 is 5.32 Å². The highest BCUT2D eigenvalue weighted by molar-refractivity contribution is 5.78. The molecule has 1 aliphatic rings. The number of nitrogens with one attached hydrogen (secondary N) is 1. The van der Waals surface area contributed by atoms with Gasteiger partial charge in [0.05, 0.1) is 6.10 Å². The summed E-state index contributed by atoms with van der Waals surface area (Å²) < 4.78 is 5.63. The van der Waals surface area contributed by atoms with Gasteiger partial charge in [0.2, 0.25) is 0 Å². The fourth-order valence-electron chi connectivity index (χ4n) is 2.95. The molecule has 0 saturated carbocycles. The van der Waals surface area contributed by atoms with Gasteiger partial charge in [-0.3, -0.25) is 4.79 Å². The summed E-state index contributed by atoms with van der Waals surface area (Å²) in [7, 11) is 0. The zero-order chi connectivity index (χ0) is 15.0. The summed E-state index contributed by atoms with van der Waals surface area (Å²) in [6, 6.07) is 0. The minimum absolute atomic E-state index is 0.279.